The molecule has 2 saturated heterocycles. The molecule has 172 valence electrons. The minimum absolute atomic E-state index is 0.213. The summed E-state index contributed by atoms with van der Waals surface area (Å²) in [4.78, 5) is 19.5. The Labute approximate surface area is 187 Å². The molecule has 1 atom stereocenters. The molecule has 6 heteroatoms. The summed E-state index contributed by atoms with van der Waals surface area (Å²) in [5, 5.41) is 0. The molecular formula is C25H39N3O3. The minimum atomic E-state index is 0.213. The van der Waals surface area contributed by atoms with E-state index in [-0.39, 0.29) is 6.03 Å². The van der Waals surface area contributed by atoms with Gasteiger partial charge in [0, 0.05) is 38.8 Å². The molecule has 0 bridgehead atoms. The van der Waals surface area contributed by atoms with Crippen LogP contribution in [0.15, 0.2) is 18.2 Å². The van der Waals surface area contributed by atoms with Crippen molar-refractivity contribution in [1.82, 2.24) is 14.7 Å². The smallest absolute Gasteiger partial charge is 0.320 e. The highest BCUT2D eigenvalue weighted by molar-refractivity contribution is 5.74. The Balaban J connectivity index is 1.31. The molecule has 0 unspecified atom stereocenters. The van der Waals surface area contributed by atoms with E-state index in [1.54, 1.807) is 7.11 Å². The van der Waals surface area contributed by atoms with Gasteiger partial charge < -0.3 is 19.3 Å². The van der Waals surface area contributed by atoms with Crippen molar-refractivity contribution >= 4 is 6.03 Å². The highest BCUT2D eigenvalue weighted by Gasteiger charge is 2.30. The van der Waals surface area contributed by atoms with Gasteiger partial charge in [-0.05, 0) is 74.2 Å². The number of urea groups is 1. The van der Waals surface area contributed by atoms with Crippen molar-refractivity contribution < 1.29 is 14.3 Å². The Morgan fingerprint density at radius 3 is 2.55 bits per heavy atom. The van der Waals surface area contributed by atoms with Gasteiger partial charge in [0.05, 0.1) is 20.3 Å². The summed E-state index contributed by atoms with van der Waals surface area (Å²) in [5.41, 5.74) is 2.95. The molecule has 0 N–H and O–H groups in total. The molecule has 0 saturated carbocycles. The third kappa shape index (κ3) is 5.53. The van der Waals surface area contributed by atoms with E-state index in [1.807, 2.05) is 4.90 Å². The summed E-state index contributed by atoms with van der Waals surface area (Å²) < 4.78 is 10.9. The van der Waals surface area contributed by atoms with Crippen LogP contribution in [0.3, 0.4) is 0 Å². The molecule has 4 rings (SSSR count). The number of ether oxygens (including phenoxy) is 2. The molecule has 2 fully saturated rings. The van der Waals surface area contributed by atoms with Crippen LogP contribution >= 0.6 is 0 Å². The lowest BCUT2D eigenvalue weighted by atomic mass is 9.86. The van der Waals surface area contributed by atoms with E-state index in [4.69, 9.17) is 9.47 Å². The first-order chi connectivity index (χ1) is 15.2. The molecule has 2 amide bonds. The van der Waals surface area contributed by atoms with E-state index >= 15 is 0 Å². The maximum absolute atomic E-state index is 12.8. The second kappa shape index (κ2) is 10.7. The van der Waals surface area contributed by atoms with Crippen molar-refractivity contribution in [2.45, 2.75) is 51.5 Å². The van der Waals surface area contributed by atoms with Crippen LogP contribution in [0.2, 0.25) is 0 Å². The van der Waals surface area contributed by atoms with Crippen LogP contribution in [0.4, 0.5) is 4.79 Å². The zero-order valence-corrected chi connectivity index (χ0v) is 19.4. The number of rotatable bonds is 6. The number of carbonyl (C=O) groups is 1. The predicted molar refractivity (Wildman–Crippen MR) is 123 cm³/mol. The van der Waals surface area contributed by atoms with E-state index in [0.29, 0.717) is 25.2 Å². The van der Waals surface area contributed by atoms with Gasteiger partial charge in [-0.1, -0.05) is 13.0 Å². The van der Waals surface area contributed by atoms with Gasteiger partial charge in [0.1, 0.15) is 5.75 Å². The largest absolute Gasteiger partial charge is 0.497 e. The van der Waals surface area contributed by atoms with Crippen molar-refractivity contribution in [3.8, 4) is 5.75 Å². The fourth-order valence-electron chi connectivity index (χ4n) is 5.46. The summed E-state index contributed by atoms with van der Waals surface area (Å²) in [5.74, 6) is 1.66. The molecule has 2 heterocycles. The standard InChI is InChI=1S/C25H39N3O3/c1-3-10-28(23-6-4-21-5-7-24(30-2)18-22(21)17-23)19-20-8-11-26(12-9-20)25(29)27-13-15-31-16-14-27/h5,7,18,20,23H,3-4,6,8-17,19H2,1-2H3/t23-/m1/s1. The molecule has 6 nitrogen and oxygen atoms in total. The van der Waals surface area contributed by atoms with Crippen molar-refractivity contribution in [2.75, 3.05) is 59.6 Å². The van der Waals surface area contributed by atoms with Crippen LogP contribution in [0, 0.1) is 5.92 Å². The van der Waals surface area contributed by atoms with Crippen LogP contribution < -0.4 is 4.74 Å². The van der Waals surface area contributed by atoms with Gasteiger partial charge in [0.25, 0.3) is 0 Å². The minimum Gasteiger partial charge on any atom is -0.497 e. The molecule has 31 heavy (non-hydrogen) atoms. The number of aryl methyl sites for hydroxylation is 1. The van der Waals surface area contributed by atoms with Gasteiger partial charge in [-0.25, -0.2) is 4.79 Å². The van der Waals surface area contributed by atoms with Gasteiger partial charge in [-0.3, -0.25) is 4.90 Å². The normalized spacial score (nSPS) is 22.5. The number of fused-ring (bicyclic) bond motifs is 1. The van der Waals surface area contributed by atoms with Crippen LogP contribution in [0.5, 0.6) is 5.75 Å². The fraction of sp³-hybridized carbons (Fsp3) is 0.720. The van der Waals surface area contributed by atoms with Crippen LogP contribution in [0.1, 0.15) is 43.7 Å². The first kappa shape index (κ1) is 22.4. The Morgan fingerprint density at radius 1 is 1.10 bits per heavy atom. The summed E-state index contributed by atoms with van der Waals surface area (Å²) in [6.45, 7) is 9.21. The zero-order chi connectivity index (χ0) is 21.6. The first-order valence-corrected chi connectivity index (χ1v) is 12.2. The van der Waals surface area contributed by atoms with E-state index in [1.165, 1.54) is 24.0 Å². The van der Waals surface area contributed by atoms with Crippen molar-refractivity contribution in [3.05, 3.63) is 29.3 Å². The molecule has 0 radical (unpaired) electrons. The van der Waals surface area contributed by atoms with Crippen molar-refractivity contribution in [1.29, 1.82) is 0 Å². The zero-order valence-electron chi connectivity index (χ0n) is 19.4. The quantitative estimate of drug-likeness (QED) is 0.695. The van der Waals surface area contributed by atoms with Crippen molar-refractivity contribution in [3.63, 3.8) is 0 Å². The number of hydrogen-bond acceptors (Lipinski definition) is 4. The average Bonchev–Trinajstić information content (AvgIpc) is 2.83. The van der Waals surface area contributed by atoms with Gasteiger partial charge in [-0.2, -0.15) is 0 Å². The summed E-state index contributed by atoms with van der Waals surface area (Å²) in [6, 6.07) is 7.41. The number of nitrogens with zero attached hydrogens (tertiary/aromatic N) is 3. The second-order valence-electron chi connectivity index (χ2n) is 9.34. The molecule has 2 aliphatic heterocycles. The van der Waals surface area contributed by atoms with E-state index in [0.717, 1.165) is 70.7 Å². The van der Waals surface area contributed by atoms with Crippen LogP contribution in [-0.4, -0.2) is 86.4 Å². The fourth-order valence-corrected chi connectivity index (χ4v) is 5.46. The summed E-state index contributed by atoms with van der Waals surface area (Å²) >= 11 is 0. The van der Waals surface area contributed by atoms with Gasteiger partial charge in [0.15, 0.2) is 0 Å². The molecular weight excluding hydrogens is 390 g/mol. The van der Waals surface area contributed by atoms with E-state index in [9.17, 15) is 4.79 Å². The lowest BCUT2D eigenvalue weighted by Crippen LogP contribution is -2.51. The monoisotopic (exact) mass is 429 g/mol. The molecule has 1 aromatic carbocycles. The van der Waals surface area contributed by atoms with Gasteiger partial charge in [-0.15, -0.1) is 0 Å². The van der Waals surface area contributed by atoms with E-state index in [2.05, 4.69) is 34.9 Å². The van der Waals surface area contributed by atoms with Gasteiger partial charge >= 0.3 is 6.03 Å². The third-order valence-corrected chi connectivity index (χ3v) is 7.30. The van der Waals surface area contributed by atoms with Gasteiger partial charge in [0.2, 0.25) is 0 Å². The Hall–Kier alpha value is -1.79. The first-order valence-electron chi connectivity index (χ1n) is 12.2. The third-order valence-electron chi connectivity index (χ3n) is 7.30. The molecule has 1 aromatic rings. The Morgan fingerprint density at radius 2 is 1.84 bits per heavy atom. The number of benzene rings is 1. The number of hydrogen-bond donors (Lipinski definition) is 0. The SMILES string of the molecule is CCCN(CC1CCN(C(=O)N2CCOCC2)CC1)[C@@H]1CCc2ccc(OC)cc2C1. The number of piperidine rings is 1. The average molecular weight is 430 g/mol. The Kier molecular flexibility index (Phi) is 7.72. The van der Waals surface area contributed by atoms with Crippen LogP contribution in [-0.2, 0) is 17.6 Å². The molecule has 3 aliphatic rings. The maximum Gasteiger partial charge on any atom is 0.320 e. The Bertz CT molecular complexity index is 727. The number of likely N-dealkylation sites (tertiary alicyclic amines) is 1. The molecule has 1 aliphatic carbocycles. The maximum atomic E-state index is 12.8. The summed E-state index contributed by atoms with van der Waals surface area (Å²) in [6.07, 6.45) is 6.96. The van der Waals surface area contributed by atoms with E-state index < -0.39 is 0 Å². The summed E-state index contributed by atoms with van der Waals surface area (Å²) in [7, 11) is 1.75. The number of amides is 2. The topological polar surface area (TPSA) is 45.2 Å². The number of carbonyl (C=O) groups excluding carboxylic acids is 1. The highest BCUT2D eigenvalue weighted by Crippen LogP contribution is 2.29. The molecule has 0 aromatic heterocycles. The second-order valence-corrected chi connectivity index (χ2v) is 9.34. The lowest BCUT2D eigenvalue weighted by molar-refractivity contribution is 0.0383. The number of methoxy groups -OCH3 is 1. The predicted octanol–water partition coefficient (Wildman–Crippen LogP) is 3.43. The molecule has 0 spiro atoms. The highest BCUT2D eigenvalue weighted by atomic mass is 16.5. The van der Waals surface area contributed by atoms with Crippen LogP contribution in [0.25, 0.3) is 0 Å². The lowest BCUT2D eigenvalue weighted by Gasteiger charge is -2.41. The van der Waals surface area contributed by atoms with Crippen molar-refractivity contribution in [2.24, 2.45) is 5.92 Å². The number of morpholine rings is 1.